The van der Waals surface area contributed by atoms with E-state index in [1.165, 1.54) is 35.4 Å². The average molecular weight is 531 g/mol. The zero-order valence-electron chi connectivity index (χ0n) is 22.1. The maximum atomic E-state index is 13.7. The molecule has 0 spiro atoms. The first-order chi connectivity index (χ1) is 18.9. The molecule has 1 aromatic heterocycles. The van der Waals surface area contributed by atoms with Crippen LogP contribution in [-0.4, -0.2) is 48.4 Å². The Labute approximate surface area is 226 Å². The number of methoxy groups -OCH3 is 1. The molecule has 0 unspecified atom stereocenters. The number of benzene rings is 3. The van der Waals surface area contributed by atoms with Gasteiger partial charge in [-0.25, -0.2) is 4.39 Å². The molecule has 7 nitrogen and oxygen atoms in total. The third kappa shape index (κ3) is 7.18. The molecule has 3 aromatic carbocycles. The molecule has 0 bridgehead atoms. The van der Waals surface area contributed by atoms with Gasteiger partial charge in [0.25, 0.3) is 5.91 Å². The van der Waals surface area contributed by atoms with Crippen LogP contribution in [-0.2, 0) is 22.6 Å². The molecule has 0 aliphatic heterocycles. The van der Waals surface area contributed by atoms with Gasteiger partial charge < -0.3 is 19.0 Å². The summed E-state index contributed by atoms with van der Waals surface area (Å²) >= 11 is 0. The summed E-state index contributed by atoms with van der Waals surface area (Å²) in [5, 5.41) is 0.451. The number of nitrogens with zero attached hydrogens (tertiary/aromatic N) is 2. The third-order valence-electron chi connectivity index (χ3n) is 6.41. The zero-order valence-corrected chi connectivity index (χ0v) is 22.1. The molecular weight excluding hydrogens is 499 g/mol. The molecule has 202 valence electrons. The minimum absolute atomic E-state index is 0.0105. The molecule has 8 heteroatoms. The number of amides is 2. The normalized spacial score (nSPS) is 10.9. The summed E-state index contributed by atoms with van der Waals surface area (Å²) in [6.45, 7) is 2.61. The molecule has 1 heterocycles. The maximum Gasteiger partial charge on any atom is 0.254 e. The lowest BCUT2D eigenvalue weighted by molar-refractivity contribution is -0.133. The zero-order chi connectivity index (χ0) is 27.8. The van der Waals surface area contributed by atoms with Crippen LogP contribution in [0.5, 0.6) is 0 Å². The standard InChI is InChI=1S/C31H31FN2O5/c1-22-9-14-28-27(17-22)30(36)25(21-39-28)19-34(18-23-7-4-3-5-8-23)29(35)20-33(15-6-16-38-2)31(37)24-10-12-26(32)13-11-24/h3-5,7-14,17,21H,6,15-16,18-20H2,1-2H3. The van der Waals surface area contributed by atoms with Crippen LogP contribution in [0.1, 0.15) is 33.5 Å². The Morgan fingerprint density at radius 1 is 0.949 bits per heavy atom. The number of aryl methyl sites for hydroxylation is 1. The first-order valence-corrected chi connectivity index (χ1v) is 12.7. The topological polar surface area (TPSA) is 80.1 Å². The van der Waals surface area contributed by atoms with Crippen molar-refractivity contribution in [2.45, 2.75) is 26.4 Å². The lowest BCUT2D eigenvalue weighted by Crippen LogP contribution is -2.43. The van der Waals surface area contributed by atoms with Gasteiger partial charge in [0.15, 0.2) is 5.43 Å². The predicted molar refractivity (Wildman–Crippen MR) is 147 cm³/mol. The second-order valence-corrected chi connectivity index (χ2v) is 9.41. The van der Waals surface area contributed by atoms with Gasteiger partial charge in [-0.3, -0.25) is 14.4 Å². The van der Waals surface area contributed by atoms with Crippen LogP contribution in [0.3, 0.4) is 0 Å². The van der Waals surface area contributed by atoms with Gasteiger partial charge >= 0.3 is 0 Å². The largest absolute Gasteiger partial charge is 0.464 e. The van der Waals surface area contributed by atoms with Crippen LogP contribution in [0.15, 0.2) is 88.3 Å². The summed E-state index contributed by atoms with van der Waals surface area (Å²) in [5.41, 5.74) is 2.70. The van der Waals surface area contributed by atoms with Crippen LogP contribution in [0.25, 0.3) is 11.0 Å². The highest BCUT2D eigenvalue weighted by Gasteiger charge is 2.24. The molecule has 2 amide bonds. The molecule has 0 fully saturated rings. The Morgan fingerprint density at radius 3 is 2.41 bits per heavy atom. The second-order valence-electron chi connectivity index (χ2n) is 9.41. The molecular formula is C31H31FN2O5. The Hall–Kier alpha value is -4.30. The summed E-state index contributed by atoms with van der Waals surface area (Å²) in [5.74, 6) is -1.18. The molecule has 0 saturated heterocycles. The summed E-state index contributed by atoms with van der Waals surface area (Å²) in [7, 11) is 1.56. The van der Waals surface area contributed by atoms with Crippen LogP contribution in [0, 0.1) is 12.7 Å². The van der Waals surface area contributed by atoms with Crippen molar-refractivity contribution in [3.63, 3.8) is 0 Å². The number of halogens is 1. The molecule has 0 aliphatic carbocycles. The highest BCUT2D eigenvalue weighted by molar-refractivity contribution is 5.96. The Morgan fingerprint density at radius 2 is 1.69 bits per heavy atom. The van der Waals surface area contributed by atoms with Crippen molar-refractivity contribution in [3.8, 4) is 0 Å². The minimum Gasteiger partial charge on any atom is -0.464 e. The van der Waals surface area contributed by atoms with E-state index in [1.54, 1.807) is 24.1 Å². The van der Waals surface area contributed by atoms with Gasteiger partial charge in [0.1, 0.15) is 17.9 Å². The molecule has 39 heavy (non-hydrogen) atoms. The van der Waals surface area contributed by atoms with E-state index in [1.807, 2.05) is 43.3 Å². The van der Waals surface area contributed by atoms with E-state index >= 15 is 0 Å². The summed E-state index contributed by atoms with van der Waals surface area (Å²) in [6, 6.07) is 20.0. The van der Waals surface area contributed by atoms with Crippen molar-refractivity contribution in [2.24, 2.45) is 0 Å². The monoisotopic (exact) mass is 530 g/mol. The molecule has 4 rings (SSSR count). The number of carbonyl (C=O) groups excluding carboxylic acids is 2. The first-order valence-electron chi connectivity index (χ1n) is 12.7. The van der Waals surface area contributed by atoms with Crippen LogP contribution in [0.2, 0.25) is 0 Å². The second kappa shape index (κ2) is 13.0. The Bertz CT molecular complexity index is 1480. The molecule has 0 saturated carbocycles. The molecule has 0 radical (unpaired) electrons. The van der Waals surface area contributed by atoms with Crippen molar-refractivity contribution >= 4 is 22.8 Å². The van der Waals surface area contributed by atoms with Crippen LogP contribution < -0.4 is 5.43 Å². The molecule has 0 aliphatic rings. The number of ether oxygens (including phenoxy) is 1. The predicted octanol–water partition coefficient (Wildman–Crippen LogP) is 4.95. The number of rotatable bonds is 11. The summed E-state index contributed by atoms with van der Waals surface area (Å²) in [6.07, 6.45) is 1.91. The van der Waals surface area contributed by atoms with Gasteiger partial charge in [0.2, 0.25) is 5.91 Å². The van der Waals surface area contributed by atoms with Gasteiger partial charge in [-0.05, 0) is 55.3 Å². The number of carbonyl (C=O) groups is 2. The smallest absolute Gasteiger partial charge is 0.254 e. The fourth-order valence-corrected chi connectivity index (χ4v) is 4.33. The Balaban J connectivity index is 1.62. The van der Waals surface area contributed by atoms with E-state index in [2.05, 4.69) is 0 Å². The van der Waals surface area contributed by atoms with Gasteiger partial charge in [-0.15, -0.1) is 0 Å². The summed E-state index contributed by atoms with van der Waals surface area (Å²) in [4.78, 5) is 43.3. The SMILES string of the molecule is COCCCN(CC(=O)N(Cc1ccccc1)Cc1coc2ccc(C)cc2c1=O)C(=O)c1ccc(F)cc1. The van der Waals surface area contributed by atoms with E-state index in [0.717, 1.165) is 11.1 Å². The number of fused-ring (bicyclic) bond motifs is 1. The van der Waals surface area contributed by atoms with Crippen molar-refractivity contribution < 1.29 is 23.1 Å². The van der Waals surface area contributed by atoms with Gasteiger partial charge in [-0.2, -0.15) is 0 Å². The summed E-state index contributed by atoms with van der Waals surface area (Å²) < 4.78 is 24.3. The fraction of sp³-hybridized carbons (Fsp3) is 0.258. The molecule has 0 N–H and O–H groups in total. The van der Waals surface area contributed by atoms with E-state index in [-0.39, 0.29) is 49.0 Å². The van der Waals surface area contributed by atoms with E-state index in [4.69, 9.17) is 9.15 Å². The highest BCUT2D eigenvalue weighted by atomic mass is 19.1. The van der Waals surface area contributed by atoms with Gasteiger partial charge in [0.05, 0.1) is 23.8 Å². The Kier molecular flexibility index (Phi) is 9.22. The quantitative estimate of drug-likeness (QED) is 0.257. The van der Waals surface area contributed by atoms with E-state index in [9.17, 15) is 18.8 Å². The maximum absolute atomic E-state index is 13.7. The lowest BCUT2D eigenvalue weighted by Gasteiger charge is -2.28. The van der Waals surface area contributed by atoms with Gasteiger partial charge in [0, 0.05) is 32.4 Å². The van der Waals surface area contributed by atoms with Crippen molar-refractivity contribution in [2.75, 3.05) is 26.8 Å². The first kappa shape index (κ1) is 27.7. The fourth-order valence-electron chi connectivity index (χ4n) is 4.33. The highest BCUT2D eigenvalue weighted by Crippen LogP contribution is 2.16. The van der Waals surface area contributed by atoms with E-state index in [0.29, 0.717) is 29.6 Å². The van der Waals surface area contributed by atoms with Crippen molar-refractivity contribution in [3.05, 3.63) is 117 Å². The average Bonchev–Trinajstić information content (AvgIpc) is 2.94. The lowest BCUT2D eigenvalue weighted by atomic mass is 10.1. The van der Waals surface area contributed by atoms with Gasteiger partial charge in [-0.1, -0.05) is 42.0 Å². The van der Waals surface area contributed by atoms with E-state index < -0.39 is 5.82 Å². The van der Waals surface area contributed by atoms with Crippen molar-refractivity contribution in [1.29, 1.82) is 0 Å². The minimum atomic E-state index is -0.452. The van der Waals surface area contributed by atoms with Crippen molar-refractivity contribution in [1.82, 2.24) is 9.80 Å². The van der Waals surface area contributed by atoms with Crippen LogP contribution in [0.4, 0.5) is 4.39 Å². The number of hydrogen-bond donors (Lipinski definition) is 0. The number of hydrogen-bond acceptors (Lipinski definition) is 5. The van der Waals surface area contributed by atoms with Crippen LogP contribution >= 0.6 is 0 Å². The third-order valence-corrected chi connectivity index (χ3v) is 6.41. The molecule has 0 atom stereocenters. The molecule has 4 aromatic rings.